The maximum Gasteiger partial charge on any atom is 0.433 e. The number of halogens is 6. The number of fused-ring (bicyclic) bond motifs is 1. The molecule has 0 N–H and O–H groups in total. The third-order valence-electron chi connectivity index (χ3n) is 3.26. The summed E-state index contributed by atoms with van der Waals surface area (Å²) in [6.45, 7) is 0. The summed E-state index contributed by atoms with van der Waals surface area (Å²) in [4.78, 5) is 3.18. The van der Waals surface area contributed by atoms with E-state index in [1.54, 1.807) is 12.8 Å². The number of ether oxygens (including phenoxy) is 1. The normalized spacial score (nSPS) is 16.8. The van der Waals surface area contributed by atoms with Gasteiger partial charge in [-0.15, -0.1) is 0 Å². The molecule has 1 aliphatic rings. The fourth-order valence-corrected chi connectivity index (χ4v) is 2.23. The van der Waals surface area contributed by atoms with Gasteiger partial charge in [-0.05, 0) is 25.0 Å². The van der Waals surface area contributed by atoms with Crippen LogP contribution in [0.25, 0.3) is 10.9 Å². The van der Waals surface area contributed by atoms with E-state index in [0.29, 0.717) is 12.1 Å². The molecule has 1 heterocycles. The standard InChI is InChI=1S/C16H8F6NO/c17-15(18,19)11-7-3-6-10-12(24-9-4-1-2-5-9)8-13(16(20,21)22)23-14(10)11/h1-8H. The van der Waals surface area contributed by atoms with Crippen molar-refractivity contribution in [2.45, 2.75) is 12.4 Å². The van der Waals surface area contributed by atoms with Crippen LogP contribution in [0.1, 0.15) is 11.3 Å². The number of para-hydroxylation sites is 1. The van der Waals surface area contributed by atoms with Gasteiger partial charge in [-0.1, -0.05) is 6.07 Å². The monoisotopic (exact) mass is 344 g/mol. The predicted molar refractivity (Wildman–Crippen MR) is 72.8 cm³/mol. The van der Waals surface area contributed by atoms with Crippen LogP contribution >= 0.6 is 0 Å². The fourth-order valence-electron chi connectivity index (χ4n) is 2.23. The van der Waals surface area contributed by atoms with E-state index in [4.69, 9.17) is 4.74 Å². The number of aromatic nitrogens is 1. The zero-order valence-electron chi connectivity index (χ0n) is 11.7. The Bertz CT molecular complexity index is 747. The molecule has 24 heavy (non-hydrogen) atoms. The highest BCUT2D eigenvalue weighted by atomic mass is 19.4. The molecule has 8 heteroatoms. The molecule has 2 aromatic rings. The van der Waals surface area contributed by atoms with E-state index in [2.05, 4.69) is 4.98 Å². The van der Waals surface area contributed by atoms with Crippen LogP contribution < -0.4 is 4.74 Å². The molecule has 0 atom stereocenters. The number of hydrogen-bond acceptors (Lipinski definition) is 2. The zero-order chi connectivity index (χ0) is 17.5. The third kappa shape index (κ3) is 3.27. The summed E-state index contributed by atoms with van der Waals surface area (Å²) in [5, 5.41) is -0.154. The van der Waals surface area contributed by atoms with Gasteiger partial charge in [-0.2, -0.15) is 26.3 Å². The minimum Gasteiger partial charge on any atom is -0.482 e. The first-order chi connectivity index (χ1) is 11.2. The Labute approximate surface area is 133 Å². The predicted octanol–water partition coefficient (Wildman–Crippen LogP) is 5.01. The molecular formula is C16H8F6NO. The lowest BCUT2D eigenvalue weighted by atomic mass is 10.1. The summed E-state index contributed by atoms with van der Waals surface area (Å²) in [6, 6.07) is 3.60. The zero-order valence-corrected chi connectivity index (χ0v) is 11.7. The van der Waals surface area contributed by atoms with Crippen molar-refractivity contribution in [3.05, 3.63) is 67.3 Å². The third-order valence-corrected chi connectivity index (χ3v) is 3.26. The minimum atomic E-state index is -4.91. The topological polar surface area (TPSA) is 22.1 Å². The number of alkyl halides is 6. The molecule has 1 aromatic carbocycles. The van der Waals surface area contributed by atoms with Crippen molar-refractivity contribution in [3.63, 3.8) is 0 Å². The van der Waals surface area contributed by atoms with Gasteiger partial charge in [0.1, 0.15) is 11.4 Å². The van der Waals surface area contributed by atoms with Gasteiger partial charge >= 0.3 is 12.4 Å². The van der Waals surface area contributed by atoms with Crippen LogP contribution in [0, 0.1) is 31.8 Å². The summed E-state index contributed by atoms with van der Waals surface area (Å²) in [6.07, 6.45) is -3.39. The van der Waals surface area contributed by atoms with Crippen LogP contribution in [0.5, 0.6) is 5.75 Å². The van der Waals surface area contributed by atoms with Crippen LogP contribution in [0.2, 0.25) is 0 Å². The van der Waals surface area contributed by atoms with Crippen molar-refractivity contribution in [1.82, 2.24) is 4.98 Å². The van der Waals surface area contributed by atoms with Gasteiger partial charge in [0.2, 0.25) is 0 Å². The van der Waals surface area contributed by atoms with Crippen molar-refractivity contribution in [1.29, 1.82) is 0 Å². The molecule has 1 saturated carbocycles. The van der Waals surface area contributed by atoms with E-state index < -0.39 is 29.1 Å². The molecular weight excluding hydrogens is 336 g/mol. The lowest BCUT2D eigenvalue weighted by Crippen LogP contribution is -2.13. The van der Waals surface area contributed by atoms with E-state index in [9.17, 15) is 26.3 Å². The van der Waals surface area contributed by atoms with E-state index in [0.717, 1.165) is 6.07 Å². The van der Waals surface area contributed by atoms with Crippen LogP contribution in [0.15, 0.2) is 24.3 Å². The fraction of sp³-hybridized carbons (Fsp3) is 0.125. The van der Waals surface area contributed by atoms with Crippen LogP contribution in [0.3, 0.4) is 0 Å². The second kappa shape index (κ2) is 5.82. The molecule has 5 radical (unpaired) electrons. The highest BCUT2D eigenvalue weighted by molar-refractivity contribution is 5.88. The van der Waals surface area contributed by atoms with Gasteiger partial charge in [0.15, 0.2) is 6.10 Å². The smallest absolute Gasteiger partial charge is 0.433 e. The number of nitrogens with zero attached hydrogens (tertiary/aromatic N) is 1. The van der Waals surface area contributed by atoms with Crippen LogP contribution in [-0.2, 0) is 12.4 Å². The molecule has 2 nitrogen and oxygen atoms in total. The number of hydrogen-bond donors (Lipinski definition) is 0. The van der Waals surface area contributed by atoms with Gasteiger partial charge in [-0.3, -0.25) is 0 Å². The highest BCUT2D eigenvalue weighted by Crippen LogP contribution is 2.41. The number of pyridine rings is 1. The molecule has 1 aromatic heterocycles. The van der Waals surface area contributed by atoms with Gasteiger partial charge < -0.3 is 4.74 Å². The minimum absolute atomic E-state index is 0.154. The van der Waals surface area contributed by atoms with Crippen LogP contribution in [-0.4, -0.2) is 4.98 Å². The van der Waals surface area contributed by atoms with Gasteiger partial charge in [0.25, 0.3) is 0 Å². The Morgan fingerprint density at radius 2 is 1.54 bits per heavy atom. The van der Waals surface area contributed by atoms with Gasteiger partial charge in [0, 0.05) is 24.3 Å². The molecule has 0 unspecified atom stereocenters. The molecule has 0 spiro atoms. The van der Waals surface area contributed by atoms with E-state index in [1.165, 1.54) is 18.9 Å². The van der Waals surface area contributed by atoms with Gasteiger partial charge in [0.05, 0.1) is 11.1 Å². The Kier molecular flexibility index (Phi) is 4.09. The summed E-state index contributed by atoms with van der Waals surface area (Å²) < 4.78 is 83.6. The van der Waals surface area contributed by atoms with E-state index in [1.807, 2.05) is 0 Å². The molecule has 3 rings (SSSR count). The molecule has 1 fully saturated rings. The number of rotatable bonds is 2. The second-order valence-corrected chi connectivity index (χ2v) is 4.93. The van der Waals surface area contributed by atoms with Crippen molar-refractivity contribution in [2.24, 2.45) is 0 Å². The quantitative estimate of drug-likeness (QED) is 0.714. The lowest BCUT2D eigenvalue weighted by molar-refractivity contribution is -0.142. The Balaban J connectivity index is 2.21. The van der Waals surface area contributed by atoms with E-state index >= 15 is 0 Å². The first-order valence-corrected chi connectivity index (χ1v) is 6.64. The van der Waals surface area contributed by atoms with Gasteiger partial charge in [-0.25, -0.2) is 4.98 Å². The molecule has 0 aliphatic heterocycles. The largest absolute Gasteiger partial charge is 0.482 e. The molecule has 1 aliphatic carbocycles. The average molecular weight is 344 g/mol. The lowest BCUT2D eigenvalue weighted by Gasteiger charge is -2.17. The maximum absolute atomic E-state index is 13.1. The Hall–Kier alpha value is -1.99. The van der Waals surface area contributed by atoms with Crippen molar-refractivity contribution >= 4 is 10.9 Å². The number of benzene rings is 1. The highest BCUT2D eigenvalue weighted by Gasteiger charge is 2.38. The summed E-state index contributed by atoms with van der Waals surface area (Å²) >= 11 is 0. The summed E-state index contributed by atoms with van der Waals surface area (Å²) in [7, 11) is 0. The molecule has 0 saturated heterocycles. The molecule has 125 valence electrons. The maximum atomic E-state index is 13.1. The van der Waals surface area contributed by atoms with E-state index in [-0.39, 0.29) is 17.2 Å². The van der Waals surface area contributed by atoms with Crippen molar-refractivity contribution in [2.75, 3.05) is 0 Å². The van der Waals surface area contributed by atoms with Crippen molar-refractivity contribution in [3.8, 4) is 5.75 Å². The second-order valence-electron chi connectivity index (χ2n) is 4.93. The molecule has 0 amide bonds. The first-order valence-electron chi connectivity index (χ1n) is 6.64. The average Bonchev–Trinajstić information content (AvgIpc) is 2.97. The Morgan fingerprint density at radius 3 is 2.12 bits per heavy atom. The van der Waals surface area contributed by atoms with Crippen molar-refractivity contribution < 1.29 is 31.1 Å². The summed E-state index contributed by atoms with van der Waals surface area (Å²) in [5.74, 6) is -0.343. The molecule has 0 bridgehead atoms. The SMILES string of the molecule is FC(F)(F)c1cc(O[C]2[CH][CH][CH][CH]2)c2cccc(C(F)(F)F)c2n1. The van der Waals surface area contributed by atoms with Crippen LogP contribution in [0.4, 0.5) is 26.3 Å². The first kappa shape index (κ1) is 16.9. The Morgan fingerprint density at radius 1 is 0.875 bits per heavy atom. The summed E-state index contributed by atoms with van der Waals surface area (Å²) in [5.41, 5.74) is -3.51.